The molecule has 0 aliphatic carbocycles. The fourth-order valence-corrected chi connectivity index (χ4v) is 4.27. The summed E-state index contributed by atoms with van der Waals surface area (Å²) < 4.78 is 5.81. The van der Waals surface area contributed by atoms with Gasteiger partial charge < -0.3 is 15.2 Å². The molecule has 0 heterocycles. The molecule has 0 bridgehead atoms. The number of carbonyl (C=O) groups is 3. The molecular formula is C32H57NO5. The second kappa shape index (κ2) is 27.9. The van der Waals surface area contributed by atoms with Crippen LogP contribution in [0.15, 0.2) is 24.3 Å². The van der Waals surface area contributed by atoms with Gasteiger partial charge >= 0.3 is 11.9 Å². The summed E-state index contributed by atoms with van der Waals surface area (Å²) in [5, 5.41) is 11.0. The summed E-state index contributed by atoms with van der Waals surface area (Å²) in [6, 6.07) is 0. The lowest BCUT2D eigenvalue weighted by molar-refractivity contribution is -0.147. The molecular weight excluding hydrogens is 478 g/mol. The first-order valence-electron chi connectivity index (χ1n) is 15.5. The Morgan fingerprint density at radius 2 is 1.29 bits per heavy atom. The molecule has 0 aromatic heterocycles. The fraction of sp³-hybridized carbons (Fsp3) is 0.781. The van der Waals surface area contributed by atoms with Crippen LogP contribution >= 0.6 is 0 Å². The van der Waals surface area contributed by atoms with Crippen molar-refractivity contribution >= 4 is 17.8 Å². The number of aliphatic carboxylic acids is 1. The number of amides is 1. The number of esters is 1. The van der Waals surface area contributed by atoms with Gasteiger partial charge in [0.15, 0.2) is 0 Å². The van der Waals surface area contributed by atoms with Crippen molar-refractivity contribution in [2.45, 2.75) is 155 Å². The third-order valence-electron chi connectivity index (χ3n) is 6.61. The Morgan fingerprint density at radius 1 is 0.711 bits per heavy atom. The van der Waals surface area contributed by atoms with Crippen LogP contribution in [-0.4, -0.2) is 35.6 Å². The van der Waals surface area contributed by atoms with E-state index in [4.69, 9.17) is 9.84 Å². The highest BCUT2D eigenvalue weighted by atomic mass is 16.5. The van der Waals surface area contributed by atoms with Crippen LogP contribution < -0.4 is 5.32 Å². The van der Waals surface area contributed by atoms with Crippen molar-refractivity contribution in [2.75, 3.05) is 6.54 Å². The molecule has 0 radical (unpaired) electrons. The zero-order valence-electron chi connectivity index (χ0n) is 24.5. The van der Waals surface area contributed by atoms with Crippen LogP contribution in [0.5, 0.6) is 0 Å². The van der Waals surface area contributed by atoms with Gasteiger partial charge in [0.05, 0.1) is 0 Å². The Hall–Kier alpha value is -2.11. The first-order chi connectivity index (χ1) is 18.5. The van der Waals surface area contributed by atoms with Crippen molar-refractivity contribution in [3.8, 4) is 0 Å². The molecule has 6 heteroatoms. The molecule has 0 aromatic rings. The smallest absolute Gasteiger partial charge is 0.322 e. The number of allylic oxidation sites excluding steroid dienone is 3. The van der Waals surface area contributed by atoms with Gasteiger partial charge in [0.1, 0.15) is 12.6 Å². The lowest BCUT2D eigenvalue weighted by Crippen LogP contribution is -2.28. The fourth-order valence-electron chi connectivity index (χ4n) is 4.27. The van der Waals surface area contributed by atoms with E-state index in [1.807, 2.05) is 6.08 Å². The quantitative estimate of drug-likeness (QED) is 0.0625. The number of rotatable bonds is 27. The Morgan fingerprint density at radius 3 is 1.92 bits per heavy atom. The van der Waals surface area contributed by atoms with Gasteiger partial charge in [-0.25, -0.2) is 0 Å². The van der Waals surface area contributed by atoms with Gasteiger partial charge in [0.2, 0.25) is 5.91 Å². The molecule has 6 nitrogen and oxygen atoms in total. The van der Waals surface area contributed by atoms with E-state index < -0.39 is 5.97 Å². The molecule has 0 aliphatic heterocycles. The zero-order chi connectivity index (χ0) is 28.1. The van der Waals surface area contributed by atoms with Crippen LogP contribution in [-0.2, 0) is 19.1 Å². The minimum Gasteiger partial charge on any atom is -0.480 e. The minimum absolute atomic E-state index is 0.104. The molecule has 1 atom stereocenters. The van der Waals surface area contributed by atoms with Crippen LogP contribution in [0, 0.1) is 0 Å². The van der Waals surface area contributed by atoms with Gasteiger partial charge in [-0.2, -0.15) is 0 Å². The lowest BCUT2D eigenvalue weighted by Gasteiger charge is -2.14. The molecule has 0 saturated heterocycles. The van der Waals surface area contributed by atoms with Gasteiger partial charge in [-0.1, -0.05) is 116 Å². The average Bonchev–Trinajstić information content (AvgIpc) is 2.89. The Kier molecular flexibility index (Phi) is 26.4. The van der Waals surface area contributed by atoms with Gasteiger partial charge in [-0.15, -0.1) is 0 Å². The molecule has 0 spiro atoms. The molecule has 0 saturated carbocycles. The van der Waals surface area contributed by atoms with Gasteiger partial charge in [-0.05, 0) is 44.6 Å². The number of unbranched alkanes of at least 4 members (excludes halogenated alkanes) is 14. The molecule has 0 fully saturated rings. The summed E-state index contributed by atoms with van der Waals surface area (Å²) in [7, 11) is 0. The van der Waals surface area contributed by atoms with Gasteiger partial charge in [-0.3, -0.25) is 14.4 Å². The predicted octanol–water partition coefficient (Wildman–Crippen LogP) is 8.44. The zero-order valence-corrected chi connectivity index (χ0v) is 24.5. The van der Waals surface area contributed by atoms with Crippen molar-refractivity contribution < 1.29 is 24.2 Å². The predicted molar refractivity (Wildman–Crippen MR) is 157 cm³/mol. The molecule has 38 heavy (non-hydrogen) atoms. The van der Waals surface area contributed by atoms with E-state index in [1.54, 1.807) is 0 Å². The Labute approximate surface area is 233 Å². The van der Waals surface area contributed by atoms with Crippen molar-refractivity contribution in [3.05, 3.63) is 24.3 Å². The SMILES string of the molecule is CCCC/C=C\C/C=C\C(CCCCCCC(=O)NCC(=O)O)OC(=O)CCCCCCCCCCCC. The molecule has 0 rings (SSSR count). The highest BCUT2D eigenvalue weighted by molar-refractivity contribution is 5.80. The van der Waals surface area contributed by atoms with Crippen LogP contribution in [0.3, 0.4) is 0 Å². The number of carboxylic acid groups (broad SMARTS) is 1. The highest BCUT2D eigenvalue weighted by Gasteiger charge is 2.11. The third kappa shape index (κ3) is 26.9. The van der Waals surface area contributed by atoms with Crippen LogP contribution in [0.25, 0.3) is 0 Å². The summed E-state index contributed by atoms with van der Waals surface area (Å²) in [4.78, 5) is 34.6. The van der Waals surface area contributed by atoms with E-state index in [-0.39, 0.29) is 24.5 Å². The van der Waals surface area contributed by atoms with Crippen molar-refractivity contribution in [1.82, 2.24) is 5.32 Å². The highest BCUT2D eigenvalue weighted by Crippen LogP contribution is 2.15. The number of hydrogen-bond acceptors (Lipinski definition) is 4. The Bertz CT molecular complexity index is 644. The van der Waals surface area contributed by atoms with Crippen molar-refractivity contribution in [3.63, 3.8) is 0 Å². The molecule has 2 N–H and O–H groups in total. The van der Waals surface area contributed by atoms with E-state index in [1.165, 1.54) is 64.2 Å². The minimum atomic E-state index is -1.03. The molecule has 220 valence electrons. The first kappa shape index (κ1) is 35.9. The number of carboxylic acids is 1. The first-order valence-corrected chi connectivity index (χ1v) is 15.5. The summed E-state index contributed by atoms with van der Waals surface area (Å²) in [6.07, 6.45) is 30.2. The van der Waals surface area contributed by atoms with Crippen molar-refractivity contribution in [1.29, 1.82) is 0 Å². The number of nitrogens with one attached hydrogen (secondary N) is 1. The standard InChI is InChI=1S/C32H57NO5/c1-3-5-7-9-11-12-13-15-17-23-27-32(37)38-29(24-20-16-14-10-8-6-4-2)25-21-18-19-22-26-30(34)33-28-31(35)36/h10,14,20,24,29H,3-9,11-13,15-19,21-23,25-28H2,1-2H3,(H,33,34)(H,35,36)/b14-10-,24-20-. The van der Waals surface area contributed by atoms with Crippen LogP contribution in [0.4, 0.5) is 0 Å². The van der Waals surface area contributed by atoms with Gasteiger partial charge in [0.25, 0.3) is 0 Å². The number of hydrogen-bond donors (Lipinski definition) is 2. The second-order valence-corrected chi connectivity index (χ2v) is 10.4. The van der Waals surface area contributed by atoms with E-state index in [0.717, 1.165) is 57.8 Å². The molecule has 1 amide bonds. The summed E-state index contributed by atoms with van der Waals surface area (Å²) in [5.74, 6) is -1.36. The maximum Gasteiger partial charge on any atom is 0.322 e. The summed E-state index contributed by atoms with van der Waals surface area (Å²) >= 11 is 0. The van der Waals surface area contributed by atoms with Gasteiger partial charge in [0, 0.05) is 12.8 Å². The monoisotopic (exact) mass is 535 g/mol. The maximum atomic E-state index is 12.5. The topological polar surface area (TPSA) is 92.7 Å². The van der Waals surface area contributed by atoms with Crippen molar-refractivity contribution in [2.24, 2.45) is 0 Å². The molecule has 0 aromatic carbocycles. The lowest BCUT2D eigenvalue weighted by atomic mass is 10.1. The number of ether oxygens (including phenoxy) is 1. The Balaban J connectivity index is 4.23. The maximum absolute atomic E-state index is 12.5. The molecule has 1 unspecified atom stereocenters. The van der Waals surface area contributed by atoms with Crippen LogP contribution in [0.1, 0.15) is 149 Å². The second-order valence-electron chi connectivity index (χ2n) is 10.4. The molecule has 0 aliphatic rings. The normalized spacial score (nSPS) is 12.3. The largest absolute Gasteiger partial charge is 0.480 e. The third-order valence-corrected chi connectivity index (χ3v) is 6.61. The number of carbonyl (C=O) groups excluding carboxylic acids is 2. The van der Waals surface area contributed by atoms with E-state index in [2.05, 4.69) is 37.4 Å². The van der Waals surface area contributed by atoms with E-state index >= 15 is 0 Å². The van der Waals surface area contributed by atoms with E-state index in [0.29, 0.717) is 12.8 Å². The summed E-state index contributed by atoms with van der Waals surface area (Å²) in [5.41, 5.74) is 0. The average molecular weight is 536 g/mol. The van der Waals surface area contributed by atoms with Crippen LogP contribution in [0.2, 0.25) is 0 Å². The summed E-state index contributed by atoms with van der Waals surface area (Å²) in [6.45, 7) is 4.11. The van der Waals surface area contributed by atoms with E-state index in [9.17, 15) is 14.4 Å².